The molecule has 0 spiro atoms. The van der Waals surface area contributed by atoms with E-state index < -0.39 is 0 Å². The van der Waals surface area contributed by atoms with E-state index in [1.165, 1.54) is 0 Å². The Bertz CT molecular complexity index is 6.00. The molecule has 30 valence electrons. The Balaban J connectivity index is -0.00000000500. The molecule has 0 nitrogen and oxygen atoms in total. The first-order valence-corrected chi connectivity index (χ1v) is 1.80. The van der Waals surface area contributed by atoms with E-state index in [0.29, 0.717) is 0 Å². The van der Waals surface area contributed by atoms with Gasteiger partial charge in [-0.3, -0.25) is 0 Å². The molecular weight excluding hydrogens is 355 g/mol. The second-order valence-electron chi connectivity index (χ2n) is 0. The van der Waals surface area contributed by atoms with E-state index in [2.05, 4.69) is 23.3 Å². The third-order valence-corrected chi connectivity index (χ3v) is 0. The Morgan fingerprint density at radius 1 is 1.00 bits per heavy atom. The van der Waals surface area contributed by atoms with Crippen molar-refractivity contribution in [1.29, 1.82) is 0 Å². The van der Waals surface area contributed by atoms with Gasteiger partial charge in [-0.15, -0.1) is 23.3 Å². The molecule has 0 amide bonds. The van der Waals surface area contributed by atoms with E-state index in [4.69, 9.17) is 0 Å². The molecular formula is H2MoPtS2. The Labute approximate surface area is 64.9 Å². The van der Waals surface area contributed by atoms with E-state index in [-0.39, 0.29) is 42.1 Å². The zero-order valence-corrected chi connectivity index (χ0v) is 7.69. The molecule has 0 unspecified atom stereocenters. The number of hydrogen-bond donors (Lipinski definition) is 2. The summed E-state index contributed by atoms with van der Waals surface area (Å²) in [6.45, 7) is 0. The minimum Gasteiger partial charge on any atom is -0.115 e. The summed E-state index contributed by atoms with van der Waals surface area (Å²) in [5.41, 5.74) is 0. The monoisotopic (exact) mass is 359 g/mol. The van der Waals surface area contributed by atoms with Crippen molar-refractivity contribution in [3.05, 3.63) is 0 Å². The molecule has 0 rings (SSSR count). The predicted octanol–water partition coefficient (Wildman–Crippen LogP) is 0.756. The van der Waals surface area contributed by atoms with Crippen molar-refractivity contribution in [3.8, 4) is 0 Å². The van der Waals surface area contributed by atoms with Gasteiger partial charge in [0.25, 0.3) is 0 Å². The first-order valence-electron chi connectivity index (χ1n) is 0.200. The molecule has 0 aromatic heterocycles. The fourth-order valence-electron chi connectivity index (χ4n) is 0. The summed E-state index contributed by atoms with van der Waals surface area (Å²) in [5.74, 6) is 0. The van der Waals surface area contributed by atoms with E-state index in [1.54, 1.807) is 0 Å². The van der Waals surface area contributed by atoms with E-state index in [0.717, 1.165) is 0 Å². The average molecular weight is 357 g/mol. The Morgan fingerprint density at radius 3 is 1.00 bits per heavy atom. The van der Waals surface area contributed by atoms with Crippen LogP contribution in [-0.2, 0) is 42.1 Å². The third-order valence-electron chi connectivity index (χ3n) is 0. The molecule has 0 aromatic carbocycles. The second-order valence-corrected chi connectivity index (χ2v) is 0. The number of thiol groups is 2. The molecule has 0 heterocycles. The van der Waals surface area contributed by atoms with Gasteiger partial charge in [0.1, 0.15) is 0 Å². The summed E-state index contributed by atoms with van der Waals surface area (Å²) >= 11 is 6.44. The van der Waals surface area contributed by atoms with Gasteiger partial charge in [-0.05, 0) is 0 Å². The van der Waals surface area contributed by atoms with Crippen LogP contribution in [-0.4, -0.2) is 0 Å². The van der Waals surface area contributed by atoms with Gasteiger partial charge < -0.3 is 0 Å². The van der Waals surface area contributed by atoms with Crippen LogP contribution in [0.4, 0.5) is 0 Å². The van der Waals surface area contributed by atoms with Crippen LogP contribution in [0.2, 0.25) is 0 Å². The van der Waals surface area contributed by atoms with Crippen molar-refractivity contribution < 1.29 is 42.1 Å². The van der Waals surface area contributed by atoms with Crippen LogP contribution < -0.4 is 0 Å². The second kappa shape index (κ2) is 19.6. The molecule has 0 radical (unpaired) electrons. The van der Waals surface area contributed by atoms with Crippen LogP contribution in [0.5, 0.6) is 0 Å². The smallest absolute Gasteiger partial charge is 0 e. The van der Waals surface area contributed by atoms with Gasteiger partial charge in [-0.1, -0.05) is 0 Å². The molecule has 0 aromatic rings. The van der Waals surface area contributed by atoms with Crippen LogP contribution in [0.1, 0.15) is 0 Å². The summed E-state index contributed by atoms with van der Waals surface area (Å²) in [4.78, 5) is 0. The Hall–Kier alpha value is 2.08. The van der Waals surface area contributed by atoms with Crippen molar-refractivity contribution in [2.24, 2.45) is 0 Å². The topological polar surface area (TPSA) is 0 Å². The van der Waals surface area contributed by atoms with E-state index in [1.807, 2.05) is 0 Å². The van der Waals surface area contributed by atoms with E-state index in [9.17, 15) is 0 Å². The molecule has 0 aliphatic carbocycles. The summed E-state index contributed by atoms with van der Waals surface area (Å²) < 4.78 is 0. The van der Waals surface area contributed by atoms with Crippen LogP contribution in [0.3, 0.4) is 0 Å². The minimum absolute atomic E-state index is 0. The van der Waals surface area contributed by atoms with Crippen molar-refractivity contribution in [1.82, 2.24) is 0 Å². The fourth-order valence-corrected chi connectivity index (χ4v) is 0. The maximum atomic E-state index is 3.22. The van der Waals surface area contributed by atoms with Gasteiger partial charge in [0.05, 0.1) is 0 Å². The SMILES string of the molecule is SS.[Mo].[Pt]. The maximum Gasteiger partial charge on any atom is 0 e. The molecule has 0 bridgehead atoms. The fraction of sp³-hybridized carbons (Fsp3) is 0. The summed E-state index contributed by atoms with van der Waals surface area (Å²) in [6, 6.07) is 0. The van der Waals surface area contributed by atoms with Crippen molar-refractivity contribution >= 4 is 23.3 Å². The first-order chi connectivity index (χ1) is 1.00. The molecule has 0 saturated carbocycles. The van der Waals surface area contributed by atoms with Gasteiger partial charge in [0.15, 0.2) is 0 Å². The molecule has 4 heteroatoms. The zero-order chi connectivity index (χ0) is 2.00. The van der Waals surface area contributed by atoms with Gasteiger partial charge in [-0.2, -0.15) is 0 Å². The molecule has 0 aliphatic heterocycles. The maximum absolute atomic E-state index is 3.22. The summed E-state index contributed by atoms with van der Waals surface area (Å²) in [5, 5.41) is 0. The van der Waals surface area contributed by atoms with Gasteiger partial charge in [0, 0.05) is 42.1 Å². The first kappa shape index (κ1) is 16.5. The zero-order valence-electron chi connectivity index (χ0n) is 1.62. The third kappa shape index (κ3) is 8.95. The number of rotatable bonds is 0. The minimum atomic E-state index is 0. The molecule has 0 fully saturated rings. The van der Waals surface area contributed by atoms with Crippen molar-refractivity contribution in [2.75, 3.05) is 0 Å². The molecule has 4 heavy (non-hydrogen) atoms. The largest absolute Gasteiger partial charge is 0.115 e. The Kier molecular flexibility index (Phi) is 80.9. The quantitative estimate of drug-likeness (QED) is 0.357. The Morgan fingerprint density at radius 2 is 1.00 bits per heavy atom. The summed E-state index contributed by atoms with van der Waals surface area (Å²) in [7, 11) is 0. The van der Waals surface area contributed by atoms with Gasteiger partial charge in [0.2, 0.25) is 0 Å². The predicted molar refractivity (Wildman–Crippen MR) is 18.0 cm³/mol. The molecule has 0 aliphatic rings. The molecule has 0 atom stereocenters. The van der Waals surface area contributed by atoms with Crippen molar-refractivity contribution in [2.45, 2.75) is 0 Å². The number of hydrogen-bond acceptors (Lipinski definition) is 2. The summed E-state index contributed by atoms with van der Waals surface area (Å²) in [6.07, 6.45) is 0. The van der Waals surface area contributed by atoms with E-state index >= 15 is 0 Å². The normalized spacial score (nSPS) is 1.50. The molecule has 0 N–H and O–H groups in total. The van der Waals surface area contributed by atoms with Crippen LogP contribution in [0, 0.1) is 0 Å². The molecule has 0 saturated heterocycles. The average Bonchev–Trinajstić information content (AvgIpc) is 1.00. The standard InChI is InChI=1S/Mo.Pt.H2S2/c;;1-2/h;;1-2H. The van der Waals surface area contributed by atoms with Crippen LogP contribution >= 0.6 is 23.3 Å². The van der Waals surface area contributed by atoms with Gasteiger partial charge >= 0.3 is 0 Å². The van der Waals surface area contributed by atoms with Crippen LogP contribution in [0.25, 0.3) is 0 Å². The van der Waals surface area contributed by atoms with Gasteiger partial charge in [-0.25, -0.2) is 0 Å². The van der Waals surface area contributed by atoms with Crippen LogP contribution in [0.15, 0.2) is 0 Å². The van der Waals surface area contributed by atoms with Crippen molar-refractivity contribution in [3.63, 3.8) is 0 Å².